The monoisotopic (exact) mass is 310 g/mol. The van der Waals surface area contributed by atoms with E-state index in [9.17, 15) is 0 Å². The van der Waals surface area contributed by atoms with Crippen molar-refractivity contribution in [3.05, 3.63) is 30.1 Å². The molecule has 0 unspecified atom stereocenters. The second-order valence-electron chi connectivity index (χ2n) is 6.10. The molecule has 3 N–H and O–H groups in total. The van der Waals surface area contributed by atoms with Gasteiger partial charge >= 0.3 is 0 Å². The summed E-state index contributed by atoms with van der Waals surface area (Å²) >= 11 is 0. The van der Waals surface area contributed by atoms with Crippen molar-refractivity contribution in [3.63, 3.8) is 0 Å². The second kappa shape index (κ2) is 4.95. The number of nitrogens with zero attached hydrogens (tertiary/aromatic N) is 5. The van der Waals surface area contributed by atoms with E-state index in [1.54, 1.807) is 0 Å². The molecule has 5 rings (SSSR count). The molecule has 8 nitrogen and oxygen atoms in total. The summed E-state index contributed by atoms with van der Waals surface area (Å²) in [6.45, 7) is 1.88. The van der Waals surface area contributed by atoms with Crippen molar-refractivity contribution in [1.82, 2.24) is 30.0 Å². The number of hydrazine groups is 1. The maximum atomic E-state index is 4.67. The molecule has 1 aliphatic heterocycles. The van der Waals surface area contributed by atoms with Crippen molar-refractivity contribution < 1.29 is 0 Å². The summed E-state index contributed by atoms with van der Waals surface area (Å²) in [5.74, 6) is 2.85. The van der Waals surface area contributed by atoms with Gasteiger partial charge in [0.05, 0.1) is 0 Å². The summed E-state index contributed by atoms with van der Waals surface area (Å²) in [5, 5.41) is 12.8. The zero-order valence-electron chi connectivity index (χ0n) is 12.7. The minimum Gasteiger partial charge on any atom is -0.308 e. The lowest BCUT2D eigenvalue weighted by atomic mass is 10.3. The van der Waals surface area contributed by atoms with Crippen molar-refractivity contribution in [1.29, 1.82) is 0 Å². The van der Waals surface area contributed by atoms with Crippen LogP contribution >= 0.6 is 0 Å². The number of hydrogen-bond donors (Lipinski definition) is 3. The molecule has 2 fully saturated rings. The molecule has 0 radical (unpaired) electrons. The highest BCUT2D eigenvalue weighted by Gasteiger charge is 2.25. The van der Waals surface area contributed by atoms with Gasteiger partial charge in [-0.2, -0.15) is 15.1 Å². The lowest BCUT2D eigenvalue weighted by Gasteiger charge is -2.17. The van der Waals surface area contributed by atoms with Crippen LogP contribution in [0.4, 0.5) is 17.7 Å². The number of H-pyrrole nitrogens is 1. The van der Waals surface area contributed by atoms with Crippen molar-refractivity contribution in [2.45, 2.75) is 25.2 Å². The molecule has 0 atom stereocenters. The number of fused-ring (bicyclic) bond motifs is 1. The minimum atomic E-state index is 0.652. The van der Waals surface area contributed by atoms with E-state index >= 15 is 0 Å². The van der Waals surface area contributed by atoms with Crippen LogP contribution in [0, 0.1) is 0 Å². The SMILES string of the molecule is c1cc2nc(N3CCCN3)nc(Nc3cc(C4CC4)[nH]n3)n2c1. The number of hydrogen-bond acceptors (Lipinski definition) is 6. The molecule has 8 heteroatoms. The first kappa shape index (κ1) is 12.9. The summed E-state index contributed by atoms with van der Waals surface area (Å²) in [6.07, 6.45) is 5.55. The van der Waals surface area contributed by atoms with Gasteiger partial charge in [0.2, 0.25) is 11.9 Å². The normalized spacial score (nSPS) is 18.0. The van der Waals surface area contributed by atoms with Gasteiger partial charge in [0, 0.05) is 37.0 Å². The number of aromatic nitrogens is 5. The lowest BCUT2D eigenvalue weighted by molar-refractivity contribution is 0.754. The van der Waals surface area contributed by atoms with Crippen LogP contribution in [-0.4, -0.2) is 37.7 Å². The number of aromatic amines is 1. The maximum absolute atomic E-state index is 4.67. The minimum absolute atomic E-state index is 0.652. The molecule has 1 saturated carbocycles. The molecule has 118 valence electrons. The van der Waals surface area contributed by atoms with Crippen LogP contribution in [0.2, 0.25) is 0 Å². The van der Waals surface area contributed by atoms with Gasteiger partial charge in [-0.25, -0.2) is 5.43 Å². The van der Waals surface area contributed by atoms with Gasteiger partial charge in [0.1, 0.15) is 5.65 Å². The van der Waals surface area contributed by atoms with E-state index in [1.807, 2.05) is 27.7 Å². The molecule has 4 heterocycles. The van der Waals surface area contributed by atoms with Crippen molar-refractivity contribution in [2.24, 2.45) is 0 Å². The van der Waals surface area contributed by atoms with E-state index in [4.69, 9.17) is 0 Å². The first-order chi connectivity index (χ1) is 11.4. The number of rotatable bonds is 4. The number of nitrogens with one attached hydrogen (secondary N) is 3. The van der Waals surface area contributed by atoms with Crippen LogP contribution in [0.15, 0.2) is 24.4 Å². The van der Waals surface area contributed by atoms with E-state index in [-0.39, 0.29) is 0 Å². The lowest BCUT2D eigenvalue weighted by Crippen LogP contribution is -2.32. The van der Waals surface area contributed by atoms with E-state index in [0.717, 1.165) is 36.9 Å². The van der Waals surface area contributed by atoms with Crippen molar-refractivity contribution in [2.75, 3.05) is 23.4 Å². The molecule has 0 aromatic carbocycles. The molecule has 23 heavy (non-hydrogen) atoms. The van der Waals surface area contributed by atoms with Gasteiger partial charge in [0.15, 0.2) is 5.82 Å². The largest absolute Gasteiger partial charge is 0.308 e. The first-order valence-corrected chi connectivity index (χ1v) is 8.05. The molecule has 0 amide bonds. The van der Waals surface area contributed by atoms with Crippen LogP contribution in [0.3, 0.4) is 0 Å². The van der Waals surface area contributed by atoms with E-state index < -0.39 is 0 Å². The summed E-state index contributed by atoms with van der Waals surface area (Å²) in [7, 11) is 0. The predicted octanol–water partition coefficient (Wildman–Crippen LogP) is 1.79. The average molecular weight is 310 g/mol. The van der Waals surface area contributed by atoms with E-state index in [2.05, 4.69) is 37.0 Å². The standard InChI is InChI=1S/C15H18N8/c1-3-13-18-15(23-8-2-6-16-23)19-14(22(13)7-1)17-12-9-11(20-21-12)10-4-5-10/h1,3,7,9-10,16H,2,4-6,8H2,(H2,17,18,19,20,21). The Morgan fingerprint density at radius 1 is 1.26 bits per heavy atom. The Bertz CT molecular complexity index is 840. The highest BCUT2D eigenvalue weighted by Crippen LogP contribution is 2.39. The van der Waals surface area contributed by atoms with Crippen molar-refractivity contribution in [3.8, 4) is 0 Å². The fourth-order valence-electron chi connectivity index (χ4n) is 2.95. The molecule has 0 bridgehead atoms. The van der Waals surface area contributed by atoms with Gasteiger partial charge in [0.25, 0.3) is 0 Å². The number of anilines is 3. The first-order valence-electron chi connectivity index (χ1n) is 8.05. The molecular formula is C15H18N8. The fourth-order valence-corrected chi connectivity index (χ4v) is 2.95. The van der Waals surface area contributed by atoms with Crippen LogP contribution in [0.1, 0.15) is 30.9 Å². The molecule has 3 aromatic heterocycles. The molecule has 2 aliphatic rings. The quantitative estimate of drug-likeness (QED) is 0.681. The molecule has 0 spiro atoms. The maximum Gasteiger partial charge on any atom is 0.245 e. The van der Waals surface area contributed by atoms with Crippen LogP contribution in [-0.2, 0) is 0 Å². The smallest absolute Gasteiger partial charge is 0.245 e. The zero-order chi connectivity index (χ0) is 15.2. The van der Waals surface area contributed by atoms with Gasteiger partial charge in [-0.05, 0) is 31.4 Å². The van der Waals surface area contributed by atoms with E-state index in [1.165, 1.54) is 18.5 Å². The zero-order valence-corrected chi connectivity index (χ0v) is 12.7. The molecule has 1 saturated heterocycles. The van der Waals surface area contributed by atoms with Crippen LogP contribution in [0.25, 0.3) is 5.65 Å². The third kappa shape index (κ3) is 2.31. The fraction of sp³-hybridized carbons (Fsp3) is 0.400. The Kier molecular flexibility index (Phi) is 2.77. The van der Waals surface area contributed by atoms with E-state index in [0.29, 0.717) is 11.9 Å². The van der Waals surface area contributed by atoms with Crippen LogP contribution in [0.5, 0.6) is 0 Å². The third-order valence-corrected chi connectivity index (χ3v) is 4.33. The second-order valence-corrected chi connectivity index (χ2v) is 6.10. The summed E-state index contributed by atoms with van der Waals surface area (Å²) in [6, 6.07) is 6.02. The Morgan fingerprint density at radius 2 is 2.22 bits per heavy atom. The molecule has 1 aliphatic carbocycles. The van der Waals surface area contributed by atoms with Crippen molar-refractivity contribution >= 4 is 23.4 Å². The Balaban J connectivity index is 1.51. The average Bonchev–Trinajstić information content (AvgIpc) is 3.01. The topological polar surface area (TPSA) is 86.2 Å². The summed E-state index contributed by atoms with van der Waals surface area (Å²) < 4.78 is 1.94. The molecular weight excluding hydrogens is 292 g/mol. The summed E-state index contributed by atoms with van der Waals surface area (Å²) in [4.78, 5) is 9.28. The highest BCUT2D eigenvalue weighted by atomic mass is 15.6. The summed E-state index contributed by atoms with van der Waals surface area (Å²) in [5.41, 5.74) is 5.36. The predicted molar refractivity (Wildman–Crippen MR) is 86.8 cm³/mol. The van der Waals surface area contributed by atoms with Gasteiger partial charge in [-0.15, -0.1) is 0 Å². The van der Waals surface area contributed by atoms with Crippen LogP contribution < -0.4 is 15.8 Å². The van der Waals surface area contributed by atoms with Gasteiger partial charge in [-0.1, -0.05) is 0 Å². The Labute approximate surface area is 132 Å². The molecule has 3 aromatic rings. The Morgan fingerprint density at radius 3 is 3.04 bits per heavy atom. The van der Waals surface area contributed by atoms with Gasteiger partial charge in [-0.3, -0.25) is 14.5 Å². The van der Waals surface area contributed by atoms with Gasteiger partial charge < -0.3 is 5.32 Å². The third-order valence-electron chi connectivity index (χ3n) is 4.33. The Hall–Kier alpha value is -2.61. The highest BCUT2D eigenvalue weighted by molar-refractivity contribution is 5.57.